The third-order valence-electron chi connectivity index (χ3n) is 1.51. The molecule has 0 atom stereocenters. The van der Waals surface area contributed by atoms with Gasteiger partial charge in [0.05, 0.1) is 5.56 Å². The van der Waals surface area contributed by atoms with Crippen LogP contribution in [0, 0.1) is 0 Å². The highest BCUT2D eigenvalue weighted by molar-refractivity contribution is 6.00. The van der Waals surface area contributed by atoms with Crippen LogP contribution in [0.1, 0.15) is 16.8 Å². The van der Waals surface area contributed by atoms with Crippen molar-refractivity contribution in [1.82, 2.24) is 0 Å². The van der Waals surface area contributed by atoms with E-state index >= 15 is 0 Å². The van der Waals surface area contributed by atoms with Crippen LogP contribution in [0.2, 0.25) is 0 Å². The highest BCUT2D eigenvalue weighted by Gasteiger charge is 2.15. The molecule has 0 radical (unpaired) electrons. The van der Waals surface area contributed by atoms with Crippen LogP contribution in [-0.4, -0.2) is 23.0 Å². The van der Waals surface area contributed by atoms with Crippen molar-refractivity contribution in [2.75, 3.05) is 0 Å². The first-order valence-corrected chi connectivity index (χ1v) is 4.11. The third-order valence-corrected chi connectivity index (χ3v) is 1.51. The minimum Gasteiger partial charge on any atom is -0.481 e. The second-order valence-corrected chi connectivity index (χ2v) is 2.70. The van der Waals surface area contributed by atoms with Gasteiger partial charge in [0.1, 0.15) is 6.42 Å². The second-order valence-electron chi connectivity index (χ2n) is 2.70. The molecule has 0 saturated carbocycles. The smallest absolute Gasteiger partial charge is 0.345 e. The van der Waals surface area contributed by atoms with Gasteiger partial charge in [-0.25, -0.2) is 4.79 Å². The molecule has 0 bridgehead atoms. The summed E-state index contributed by atoms with van der Waals surface area (Å²) in [4.78, 5) is 32.1. The van der Waals surface area contributed by atoms with Gasteiger partial charge in [-0.05, 0) is 12.1 Å². The van der Waals surface area contributed by atoms with Crippen LogP contribution in [0.25, 0.3) is 0 Å². The Balaban J connectivity index is 2.57. The van der Waals surface area contributed by atoms with Crippen molar-refractivity contribution in [1.29, 1.82) is 0 Å². The van der Waals surface area contributed by atoms with Gasteiger partial charge in [-0.15, -0.1) is 0 Å². The molecule has 0 aliphatic rings. The van der Waals surface area contributed by atoms with Crippen molar-refractivity contribution in [2.24, 2.45) is 0 Å². The largest absolute Gasteiger partial charge is 0.481 e. The summed E-state index contributed by atoms with van der Waals surface area (Å²) in [7, 11) is 0. The van der Waals surface area contributed by atoms with Gasteiger partial charge in [-0.2, -0.15) is 0 Å². The molecule has 1 aromatic carbocycles. The number of carbonyl (C=O) groups excluding carboxylic acids is 2. The lowest BCUT2D eigenvalue weighted by molar-refractivity contribution is -0.147. The molecule has 0 aliphatic carbocycles. The highest BCUT2D eigenvalue weighted by Crippen LogP contribution is 2.01. The maximum Gasteiger partial charge on any atom is 0.345 e. The van der Waals surface area contributed by atoms with E-state index in [1.807, 2.05) is 0 Å². The molecule has 0 amide bonds. The van der Waals surface area contributed by atoms with Gasteiger partial charge in [-0.3, -0.25) is 9.59 Å². The lowest BCUT2D eigenvalue weighted by Gasteiger charge is -2.00. The summed E-state index contributed by atoms with van der Waals surface area (Å²) in [5.74, 6) is -3.25. The first kappa shape index (κ1) is 10.9. The fourth-order valence-corrected chi connectivity index (χ4v) is 0.896. The monoisotopic (exact) mass is 208 g/mol. The number of carboxylic acids is 1. The van der Waals surface area contributed by atoms with Crippen LogP contribution in [0.4, 0.5) is 0 Å². The predicted octanol–water partition coefficient (Wildman–Crippen LogP) is 0.845. The normalized spacial score (nSPS) is 9.33. The first-order valence-electron chi connectivity index (χ1n) is 4.11. The van der Waals surface area contributed by atoms with E-state index < -0.39 is 24.3 Å². The molecule has 0 aliphatic heterocycles. The van der Waals surface area contributed by atoms with E-state index in [1.165, 1.54) is 12.1 Å². The Morgan fingerprint density at radius 1 is 1.13 bits per heavy atom. The molecule has 0 unspecified atom stereocenters. The number of hydrogen-bond acceptors (Lipinski definition) is 4. The van der Waals surface area contributed by atoms with Crippen LogP contribution < -0.4 is 0 Å². The van der Waals surface area contributed by atoms with Crippen LogP contribution in [0.5, 0.6) is 0 Å². The van der Waals surface area contributed by atoms with Crippen molar-refractivity contribution >= 4 is 17.9 Å². The molecule has 0 fully saturated rings. The summed E-state index contributed by atoms with van der Waals surface area (Å²) in [6, 6.07) is 7.86. The SMILES string of the molecule is O=C(O)CC(=O)OC(=O)c1ccccc1. The molecule has 1 rings (SSSR count). The Morgan fingerprint density at radius 3 is 2.27 bits per heavy atom. The van der Waals surface area contributed by atoms with Crippen molar-refractivity contribution in [2.45, 2.75) is 6.42 Å². The number of hydrogen-bond donors (Lipinski definition) is 1. The van der Waals surface area contributed by atoms with Gasteiger partial charge in [0.25, 0.3) is 0 Å². The molecule has 5 nitrogen and oxygen atoms in total. The van der Waals surface area contributed by atoms with E-state index in [0.717, 1.165) is 0 Å². The van der Waals surface area contributed by atoms with E-state index in [0.29, 0.717) is 0 Å². The van der Waals surface area contributed by atoms with E-state index in [4.69, 9.17) is 5.11 Å². The lowest BCUT2D eigenvalue weighted by atomic mass is 10.2. The lowest BCUT2D eigenvalue weighted by Crippen LogP contribution is -2.15. The Labute approximate surface area is 85.3 Å². The number of esters is 2. The Kier molecular flexibility index (Phi) is 3.56. The van der Waals surface area contributed by atoms with Crippen LogP contribution in [-0.2, 0) is 14.3 Å². The maximum atomic E-state index is 11.2. The average molecular weight is 208 g/mol. The zero-order chi connectivity index (χ0) is 11.3. The number of carbonyl (C=O) groups is 3. The minimum absolute atomic E-state index is 0.205. The highest BCUT2D eigenvalue weighted by atomic mass is 16.6. The minimum atomic E-state index is -1.33. The van der Waals surface area contributed by atoms with E-state index in [1.54, 1.807) is 18.2 Å². The standard InChI is InChI=1S/C10H8O5/c11-8(12)6-9(13)15-10(14)7-4-2-1-3-5-7/h1-5H,6H2,(H,11,12). The first-order chi connectivity index (χ1) is 7.09. The molecule has 15 heavy (non-hydrogen) atoms. The second kappa shape index (κ2) is 4.90. The maximum absolute atomic E-state index is 11.2. The number of benzene rings is 1. The zero-order valence-electron chi connectivity index (χ0n) is 7.67. The molecular formula is C10H8O5. The third kappa shape index (κ3) is 3.60. The molecule has 0 saturated heterocycles. The fourth-order valence-electron chi connectivity index (χ4n) is 0.896. The summed E-state index contributed by atoms with van der Waals surface area (Å²) in [6.45, 7) is 0. The van der Waals surface area contributed by atoms with Gasteiger partial charge in [0.15, 0.2) is 0 Å². The molecule has 0 spiro atoms. The van der Waals surface area contributed by atoms with Crippen molar-refractivity contribution in [3.8, 4) is 0 Å². The molecule has 0 heterocycles. The van der Waals surface area contributed by atoms with Gasteiger partial charge in [-0.1, -0.05) is 18.2 Å². The number of rotatable bonds is 3. The van der Waals surface area contributed by atoms with E-state index in [-0.39, 0.29) is 5.56 Å². The average Bonchev–Trinajstić information content (AvgIpc) is 2.17. The number of aliphatic carboxylic acids is 1. The molecule has 5 heteroatoms. The van der Waals surface area contributed by atoms with E-state index in [9.17, 15) is 14.4 Å². The molecular weight excluding hydrogens is 200 g/mol. The molecule has 0 aromatic heterocycles. The van der Waals surface area contributed by atoms with Crippen LogP contribution in [0.15, 0.2) is 30.3 Å². The van der Waals surface area contributed by atoms with Crippen molar-refractivity contribution < 1.29 is 24.2 Å². The Morgan fingerprint density at radius 2 is 1.73 bits per heavy atom. The molecule has 78 valence electrons. The van der Waals surface area contributed by atoms with Crippen molar-refractivity contribution in [3.05, 3.63) is 35.9 Å². The molecule has 1 N–H and O–H groups in total. The van der Waals surface area contributed by atoms with Crippen LogP contribution >= 0.6 is 0 Å². The fraction of sp³-hybridized carbons (Fsp3) is 0.100. The van der Waals surface area contributed by atoms with E-state index in [2.05, 4.69) is 4.74 Å². The Bertz CT molecular complexity index is 382. The summed E-state index contributed by atoms with van der Waals surface area (Å²) in [5, 5.41) is 8.26. The van der Waals surface area contributed by atoms with Gasteiger partial charge >= 0.3 is 17.9 Å². The van der Waals surface area contributed by atoms with Gasteiger partial charge in [0, 0.05) is 0 Å². The van der Waals surface area contributed by atoms with Gasteiger partial charge < -0.3 is 9.84 Å². The summed E-state index contributed by atoms with van der Waals surface area (Å²) in [5.41, 5.74) is 0.205. The number of ether oxygens (including phenoxy) is 1. The molecule has 1 aromatic rings. The summed E-state index contributed by atoms with van der Waals surface area (Å²) in [6.07, 6.45) is -0.821. The summed E-state index contributed by atoms with van der Waals surface area (Å²) >= 11 is 0. The quantitative estimate of drug-likeness (QED) is 0.588. The summed E-state index contributed by atoms with van der Waals surface area (Å²) < 4.78 is 4.29. The topological polar surface area (TPSA) is 80.7 Å². The zero-order valence-corrected chi connectivity index (χ0v) is 7.67. The number of carboxylic acid groups (broad SMARTS) is 1. The predicted molar refractivity (Wildman–Crippen MR) is 49.1 cm³/mol. The van der Waals surface area contributed by atoms with Gasteiger partial charge in [0.2, 0.25) is 0 Å². The Hall–Kier alpha value is -2.17. The van der Waals surface area contributed by atoms with Crippen molar-refractivity contribution in [3.63, 3.8) is 0 Å². The van der Waals surface area contributed by atoms with Crippen LogP contribution in [0.3, 0.4) is 0 Å².